The molecule has 1 aromatic carbocycles. The lowest BCUT2D eigenvalue weighted by Gasteiger charge is -2.28. The second kappa shape index (κ2) is 15.7. The van der Waals surface area contributed by atoms with Gasteiger partial charge in [-0.3, -0.25) is 14.4 Å². The van der Waals surface area contributed by atoms with Crippen molar-refractivity contribution in [1.82, 2.24) is 15.1 Å². The smallest absolute Gasteiger partial charge is 0.320 e. The Morgan fingerprint density at radius 1 is 1.35 bits per heavy atom. The Bertz CT molecular complexity index is 1010. The molecule has 0 aromatic heterocycles. The molecule has 1 heterocycles. The Morgan fingerprint density at radius 2 is 1.97 bits per heavy atom. The zero-order chi connectivity index (χ0) is 28.1. The van der Waals surface area contributed by atoms with Gasteiger partial charge in [0.1, 0.15) is 12.3 Å². The second-order valence-corrected chi connectivity index (χ2v) is 8.98. The Labute approximate surface area is 223 Å². The zero-order valence-electron chi connectivity index (χ0n) is 21.7. The largest absolute Gasteiger partial charge is 0.480 e. The fourth-order valence-corrected chi connectivity index (χ4v) is 3.77. The first-order chi connectivity index (χ1) is 17.5. The maximum absolute atomic E-state index is 13.1. The summed E-state index contributed by atoms with van der Waals surface area (Å²) in [6.45, 7) is 7.53. The Morgan fingerprint density at radius 3 is 2.41 bits per heavy atom. The third-order valence-corrected chi connectivity index (χ3v) is 5.98. The molecule has 0 radical (unpaired) electrons. The van der Waals surface area contributed by atoms with Crippen molar-refractivity contribution in [1.29, 1.82) is 0 Å². The molecule has 0 bridgehead atoms. The predicted molar refractivity (Wildman–Crippen MR) is 148 cm³/mol. The van der Waals surface area contributed by atoms with Crippen LogP contribution in [0.3, 0.4) is 0 Å². The van der Waals surface area contributed by atoms with E-state index in [-0.39, 0.29) is 24.8 Å². The number of likely N-dealkylation sites (N-methyl/N-ethyl adjacent to an activating group) is 2. The molecule has 3 unspecified atom stereocenters. The van der Waals surface area contributed by atoms with Crippen LogP contribution in [0.15, 0.2) is 59.6 Å². The summed E-state index contributed by atoms with van der Waals surface area (Å²) in [4.78, 5) is 54.3. The molecule has 37 heavy (non-hydrogen) atoms. The monoisotopic (exact) mass is 531 g/mol. The highest BCUT2D eigenvalue weighted by atomic mass is 32.1. The summed E-state index contributed by atoms with van der Waals surface area (Å²) in [5.41, 5.74) is 7.88. The molecule has 1 aromatic rings. The predicted octanol–water partition coefficient (Wildman–Crippen LogP) is 0.986. The van der Waals surface area contributed by atoms with Crippen LogP contribution < -0.4 is 11.1 Å². The number of amides is 2. The van der Waals surface area contributed by atoms with E-state index >= 15 is 0 Å². The summed E-state index contributed by atoms with van der Waals surface area (Å²) in [5, 5.41) is 11.2. The lowest BCUT2D eigenvalue weighted by molar-refractivity contribution is -0.144. The van der Waals surface area contributed by atoms with E-state index in [4.69, 9.17) is 10.8 Å². The Hall–Kier alpha value is -3.28. The third kappa shape index (κ3) is 8.96. The van der Waals surface area contributed by atoms with Gasteiger partial charge in [0.25, 0.3) is 5.91 Å². The number of rotatable bonds is 10. The van der Waals surface area contributed by atoms with Gasteiger partial charge in [0, 0.05) is 24.9 Å². The quantitative estimate of drug-likeness (QED) is 0.260. The lowest BCUT2D eigenvalue weighted by atomic mass is 10.0. The first-order valence-electron chi connectivity index (χ1n) is 11.7. The van der Waals surface area contributed by atoms with Crippen molar-refractivity contribution < 1.29 is 24.3 Å². The van der Waals surface area contributed by atoms with Crippen molar-refractivity contribution in [3.63, 3.8) is 0 Å². The van der Waals surface area contributed by atoms with E-state index in [1.165, 1.54) is 16.8 Å². The van der Waals surface area contributed by atoms with Gasteiger partial charge in [-0.1, -0.05) is 62.9 Å². The minimum Gasteiger partial charge on any atom is -0.480 e. The third-order valence-electron chi connectivity index (χ3n) is 5.58. The number of aldehydes is 1. The van der Waals surface area contributed by atoms with E-state index in [2.05, 4.69) is 29.5 Å². The molecule has 11 heteroatoms. The second-order valence-electron chi connectivity index (χ2n) is 8.62. The van der Waals surface area contributed by atoms with Gasteiger partial charge in [0.15, 0.2) is 0 Å². The molecule has 0 aliphatic carbocycles. The highest BCUT2D eigenvalue weighted by Crippen LogP contribution is 2.20. The van der Waals surface area contributed by atoms with E-state index in [9.17, 15) is 19.2 Å². The van der Waals surface area contributed by atoms with Crippen LogP contribution in [-0.2, 0) is 19.2 Å². The minimum atomic E-state index is -1.13. The standard InChI is InChI=1S/C20H24N4O3S.C6H13NO2/c1-3-7-15-12-24(10-11-25)20(27)18(23(2)19(26)16(21)13-28)22-17(15)14-8-5-4-6-9-14;1-4(2)5(7-3)6(8)9/h3-9,11,16,18,28H,1,10,12-13,21H2,2H3;4-5,7H,1-3H3,(H,8,9)/b15-7+;. The molecule has 4 N–H and O–H groups in total. The van der Waals surface area contributed by atoms with Crippen LogP contribution in [0, 0.1) is 5.92 Å². The fraction of sp³-hybridized carbons (Fsp3) is 0.423. The van der Waals surface area contributed by atoms with Gasteiger partial charge >= 0.3 is 5.97 Å². The molecule has 0 fully saturated rings. The zero-order valence-corrected chi connectivity index (χ0v) is 22.6. The van der Waals surface area contributed by atoms with E-state index in [1.54, 1.807) is 19.2 Å². The molecule has 0 saturated carbocycles. The lowest BCUT2D eigenvalue weighted by Crippen LogP contribution is -2.52. The number of benzene rings is 1. The van der Waals surface area contributed by atoms with Crippen LogP contribution in [0.4, 0.5) is 0 Å². The summed E-state index contributed by atoms with van der Waals surface area (Å²) >= 11 is 4.06. The van der Waals surface area contributed by atoms with Crippen LogP contribution in [0.2, 0.25) is 0 Å². The average Bonchev–Trinajstić information content (AvgIpc) is 3.00. The van der Waals surface area contributed by atoms with Crippen LogP contribution >= 0.6 is 12.6 Å². The first-order valence-corrected chi connectivity index (χ1v) is 12.4. The Balaban J connectivity index is 0.000000649. The number of aliphatic carboxylic acids is 1. The van der Waals surface area contributed by atoms with Crippen molar-refractivity contribution in [2.75, 3.05) is 32.9 Å². The van der Waals surface area contributed by atoms with Gasteiger partial charge in [-0.25, -0.2) is 4.99 Å². The summed E-state index contributed by atoms with van der Waals surface area (Å²) < 4.78 is 0. The number of carbonyl (C=O) groups excluding carboxylic acids is 3. The number of nitrogens with one attached hydrogen (secondary N) is 1. The van der Waals surface area contributed by atoms with E-state index in [1.807, 2.05) is 44.2 Å². The van der Waals surface area contributed by atoms with Gasteiger partial charge < -0.3 is 30.8 Å². The molecule has 202 valence electrons. The molecule has 10 nitrogen and oxygen atoms in total. The highest BCUT2D eigenvalue weighted by molar-refractivity contribution is 7.80. The summed E-state index contributed by atoms with van der Waals surface area (Å²) in [6.07, 6.45) is 2.86. The molecule has 3 atom stereocenters. The van der Waals surface area contributed by atoms with Gasteiger partial charge in [-0.2, -0.15) is 12.6 Å². The Kier molecular flexibility index (Phi) is 13.5. The summed E-state index contributed by atoms with van der Waals surface area (Å²) in [6, 6.07) is 8.06. The number of hydrogen-bond acceptors (Lipinski definition) is 8. The number of allylic oxidation sites excluding steroid dienone is 2. The molecular formula is C26H37N5O5S. The van der Waals surface area contributed by atoms with Crippen LogP contribution in [0.25, 0.3) is 0 Å². The van der Waals surface area contributed by atoms with Crippen molar-refractivity contribution in [3.8, 4) is 0 Å². The maximum Gasteiger partial charge on any atom is 0.320 e. The summed E-state index contributed by atoms with van der Waals surface area (Å²) in [5.74, 6) is -1.40. The van der Waals surface area contributed by atoms with E-state index in [0.29, 0.717) is 12.0 Å². The molecule has 0 saturated heterocycles. The van der Waals surface area contributed by atoms with Crippen molar-refractivity contribution >= 4 is 42.4 Å². The van der Waals surface area contributed by atoms with E-state index < -0.39 is 36.0 Å². The van der Waals surface area contributed by atoms with Gasteiger partial charge in [0.05, 0.1) is 18.3 Å². The molecule has 2 rings (SSSR count). The molecule has 0 spiro atoms. The topological polar surface area (TPSA) is 145 Å². The van der Waals surface area contributed by atoms with Crippen molar-refractivity contribution in [2.24, 2.45) is 16.6 Å². The molecular weight excluding hydrogens is 494 g/mol. The molecule has 1 aliphatic rings. The van der Waals surface area contributed by atoms with Crippen LogP contribution in [0.5, 0.6) is 0 Å². The number of carboxylic acid groups (broad SMARTS) is 1. The van der Waals surface area contributed by atoms with Gasteiger partial charge in [-0.05, 0) is 18.5 Å². The molecule has 2 amide bonds. The number of aliphatic imine (C=N–C) groups is 1. The minimum absolute atomic E-state index is 0.109. The average molecular weight is 532 g/mol. The van der Waals surface area contributed by atoms with Gasteiger partial charge in [0.2, 0.25) is 12.1 Å². The number of nitrogens with zero attached hydrogens (tertiary/aromatic N) is 3. The number of hydrogen-bond donors (Lipinski definition) is 4. The van der Waals surface area contributed by atoms with Gasteiger partial charge in [-0.15, -0.1) is 0 Å². The number of thiol groups is 1. The number of carboxylic acids is 1. The van der Waals surface area contributed by atoms with Crippen molar-refractivity contribution in [2.45, 2.75) is 32.1 Å². The number of carbonyl (C=O) groups is 4. The first kappa shape index (κ1) is 31.7. The summed E-state index contributed by atoms with van der Waals surface area (Å²) in [7, 11) is 3.13. The molecule has 1 aliphatic heterocycles. The van der Waals surface area contributed by atoms with E-state index in [0.717, 1.165) is 11.1 Å². The van der Waals surface area contributed by atoms with Crippen LogP contribution in [0.1, 0.15) is 19.4 Å². The highest BCUT2D eigenvalue weighted by Gasteiger charge is 2.35. The maximum atomic E-state index is 13.1. The van der Waals surface area contributed by atoms with Crippen molar-refractivity contribution in [3.05, 3.63) is 60.2 Å². The SMILES string of the molecule is C=C/C=C1\CN(CC=O)C(=O)C(N(C)C(=O)C(N)CS)N=C1c1ccccc1.CNC(C(=O)O)C(C)C. The normalized spacial score (nSPS) is 18.2. The van der Waals surface area contributed by atoms with Crippen LogP contribution in [-0.4, -0.2) is 95.9 Å². The number of nitrogens with two attached hydrogens (primary N) is 1. The fourth-order valence-electron chi connectivity index (χ4n) is 3.61.